The van der Waals surface area contributed by atoms with E-state index in [0.717, 1.165) is 29.5 Å². The SMILES string of the molecule is NC(=O)COc1ccc(/C=C2/SC(=O)NC2=Nc2ccc(OC(F)(F)F)cc2)cc1. The first-order valence-corrected chi connectivity index (χ1v) is 9.16. The highest BCUT2D eigenvalue weighted by molar-refractivity contribution is 8.18. The summed E-state index contributed by atoms with van der Waals surface area (Å²) in [6, 6.07) is 11.6. The molecule has 3 rings (SSSR count). The Morgan fingerprint density at radius 2 is 1.73 bits per heavy atom. The van der Waals surface area contributed by atoms with Crippen LogP contribution in [0, 0.1) is 0 Å². The summed E-state index contributed by atoms with van der Waals surface area (Å²) in [6.07, 6.45) is -3.07. The van der Waals surface area contributed by atoms with Crippen LogP contribution < -0.4 is 20.5 Å². The third-order valence-electron chi connectivity index (χ3n) is 3.53. The number of nitrogens with two attached hydrogens (primary N) is 1. The van der Waals surface area contributed by atoms with Crippen molar-refractivity contribution in [3.8, 4) is 11.5 Å². The fraction of sp³-hybridized carbons (Fsp3) is 0.105. The highest BCUT2D eigenvalue weighted by Gasteiger charge is 2.31. The molecule has 11 heteroatoms. The maximum Gasteiger partial charge on any atom is 0.573 e. The molecule has 0 aromatic heterocycles. The highest BCUT2D eigenvalue weighted by Crippen LogP contribution is 2.30. The van der Waals surface area contributed by atoms with Gasteiger partial charge in [0.1, 0.15) is 17.3 Å². The zero-order valence-electron chi connectivity index (χ0n) is 15.1. The summed E-state index contributed by atoms with van der Waals surface area (Å²) in [7, 11) is 0. The molecule has 30 heavy (non-hydrogen) atoms. The van der Waals surface area contributed by atoms with Crippen molar-refractivity contribution < 1.29 is 32.2 Å². The summed E-state index contributed by atoms with van der Waals surface area (Å²) in [5, 5.41) is 2.25. The number of ether oxygens (including phenoxy) is 2. The Kier molecular flexibility index (Phi) is 6.31. The number of carbonyl (C=O) groups is 2. The van der Waals surface area contributed by atoms with E-state index in [2.05, 4.69) is 15.0 Å². The average molecular weight is 437 g/mol. The molecule has 1 heterocycles. The molecule has 156 valence electrons. The minimum atomic E-state index is -4.78. The smallest absolute Gasteiger partial charge is 0.484 e. The van der Waals surface area contributed by atoms with Crippen LogP contribution in [0.2, 0.25) is 0 Å². The molecule has 2 amide bonds. The van der Waals surface area contributed by atoms with Gasteiger partial charge in [-0.05, 0) is 59.8 Å². The molecule has 0 unspecified atom stereocenters. The maximum atomic E-state index is 12.2. The molecule has 1 aliphatic heterocycles. The third-order valence-corrected chi connectivity index (χ3v) is 4.35. The Bertz CT molecular complexity index is 1000. The predicted octanol–water partition coefficient (Wildman–Crippen LogP) is 3.98. The van der Waals surface area contributed by atoms with Crippen LogP contribution in [0.5, 0.6) is 11.5 Å². The number of alkyl halides is 3. The van der Waals surface area contributed by atoms with Gasteiger partial charge in [-0.15, -0.1) is 13.2 Å². The first-order valence-electron chi connectivity index (χ1n) is 8.34. The fourth-order valence-corrected chi connectivity index (χ4v) is 3.07. The molecule has 0 aliphatic carbocycles. The van der Waals surface area contributed by atoms with Gasteiger partial charge in [0, 0.05) is 0 Å². The number of halogens is 3. The third kappa shape index (κ3) is 6.27. The molecule has 7 nitrogen and oxygen atoms in total. The van der Waals surface area contributed by atoms with Crippen molar-refractivity contribution in [3.05, 3.63) is 59.0 Å². The van der Waals surface area contributed by atoms with E-state index < -0.39 is 12.3 Å². The Labute approximate surface area is 172 Å². The van der Waals surface area contributed by atoms with Crippen molar-refractivity contribution in [2.45, 2.75) is 6.36 Å². The molecular weight excluding hydrogens is 423 g/mol. The van der Waals surface area contributed by atoms with Crippen molar-refractivity contribution >= 4 is 40.5 Å². The van der Waals surface area contributed by atoms with Gasteiger partial charge in [-0.1, -0.05) is 12.1 Å². The molecule has 3 N–H and O–H groups in total. The molecule has 0 bridgehead atoms. The lowest BCUT2D eigenvalue weighted by atomic mass is 10.2. The second-order valence-corrected chi connectivity index (χ2v) is 6.86. The monoisotopic (exact) mass is 437 g/mol. The number of benzene rings is 2. The van der Waals surface area contributed by atoms with Crippen LogP contribution >= 0.6 is 11.8 Å². The first kappa shape index (κ1) is 21.2. The molecule has 0 spiro atoms. The lowest BCUT2D eigenvalue weighted by molar-refractivity contribution is -0.274. The molecule has 0 saturated carbocycles. The van der Waals surface area contributed by atoms with Gasteiger partial charge in [0.05, 0.1) is 10.6 Å². The number of thioether (sulfide) groups is 1. The van der Waals surface area contributed by atoms with Crippen molar-refractivity contribution in [2.75, 3.05) is 6.61 Å². The lowest BCUT2D eigenvalue weighted by Gasteiger charge is -2.08. The Morgan fingerprint density at radius 1 is 1.10 bits per heavy atom. The van der Waals surface area contributed by atoms with Gasteiger partial charge in [-0.2, -0.15) is 0 Å². The number of rotatable bonds is 6. The normalized spacial score (nSPS) is 16.6. The van der Waals surface area contributed by atoms with E-state index in [4.69, 9.17) is 10.5 Å². The molecule has 0 radical (unpaired) electrons. The number of nitrogens with one attached hydrogen (secondary N) is 1. The Hall–Kier alpha value is -3.47. The van der Waals surface area contributed by atoms with Gasteiger partial charge in [-0.3, -0.25) is 9.59 Å². The van der Waals surface area contributed by atoms with Gasteiger partial charge >= 0.3 is 6.36 Å². The van der Waals surface area contributed by atoms with E-state index in [1.54, 1.807) is 30.3 Å². The van der Waals surface area contributed by atoms with Crippen LogP contribution in [0.25, 0.3) is 6.08 Å². The summed E-state index contributed by atoms with van der Waals surface area (Å²) in [5.41, 5.74) is 6.10. The minimum absolute atomic E-state index is 0.238. The van der Waals surface area contributed by atoms with Gasteiger partial charge in [-0.25, -0.2) is 4.99 Å². The van der Waals surface area contributed by atoms with Crippen molar-refractivity contribution in [1.29, 1.82) is 0 Å². The largest absolute Gasteiger partial charge is 0.573 e. The van der Waals surface area contributed by atoms with E-state index in [-0.39, 0.29) is 23.4 Å². The number of nitrogens with zero attached hydrogens (tertiary/aromatic N) is 1. The van der Waals surface area contributed by atoms with Crippen LogP contribution in [0.3, 0.4) is 0 Å². The van der Waals surface area contributed by atoms with Crippen molar-refractivity contribution in [2.24, 2.45) is 10.7 Å². The summed E-state index contributed by atoms with van der Waals surface area (Å²) in [5.74, 6) is -0.236. The second-order valence-electron chi connectivity index (χ2n) is 5.85. The lowest BCUT2D eigenvalue weighted by Crippen LogP contribution is -2.19. The quantitative estimate of drug-likeness (QED) is 0.712. The number of primary amides is 1. The number of hydrogen-bond donors (Lipinski definition) is 2. The molecular formula is C19H14F3N3O4S. The average Bonchev–Trinajstić information content (AvgIpc) is 3.00. The number of aliphatic imine (C=N–C) groups is 1. The maximum absolute atomic E-state index is 12.2. The molecule has 1 fully saturated rings. The molecule has 1 saturated heterocycles. The topological polar surface area (TPSA) is 103 Å². The fourth-order valence-electron chi connectivity index (χ4n) is 2.33. The number of hydrogen-bond acceptors (Lipinski definition) is 6. The van der Waals surface area contributed by atoms with Crippen LogP contribution in [0.15, 0.2) is 58.4 Å². The van der Waals surface area contributed by atoms with E-state index in [1.807, 2.05) is 0 Å². The van der Waals surface area contributed by atoms with E-state index >= 15 is 0 Å². The van der Waals surface area contributed by atoms with Crippen LogP contribution in [0.1, 0.15) is 5.56 Å². The summed E-state index contributed by atoms with van der Waals surface area (Å²) >= 11 is 0.932. The van der Waals surface area contributed by atoms with E-state index in [0.29, 0.717) is 16.3 Å². The second kappa shape index (κ2) is 8.91. The minimum Gasteiger partial charge on any atom is -0.484 e. The Balaban J connectivity index is 1.76. The summed E-state index contributed by atoms with van der Waals surface area (Å²) < 4.78 is 45.7. The number of carbonyl (C=O) groups excluding carboxylic acids is 2. The van der Waals surface area contributed by atoms with Crippen molar-refractivity contribution in [3.63, 3.8) is 0 Å². The first-order chi connectivity index (χ1) is 14.2. The molecule has 2 aromatic carbocycles. The van der Waals surface area contributed by atoms with Crippen LogP contribution in [-0.2, 0) is 4.79 Å². The van der Waals surface area contributed by atoms with E-state index in [9.17, 15) is 22.8 Å². The van der Waals surface area contributed by atoms with Gasteiger partial charge < -0.3 is 20.5 Å². The zero-order valence-corrected chi connectivity index (χ0v) is 15.9. The zero-order chi connectivity index (χ0) is 21.7. The highest BCUT2D eigenvalue weighted by atomic mass is 32.2. The summed E-state index contributed by atoms with van der Waals surface area (Å²) in [4.78, 5) is 27.3. The van der Waals surface area contributed by atoms with E-state index in [1.165, 1.54) is 12.1 Å². The van der Waals surface area contributed by atoms with Crippen LogP contribution in [-0.4, -0.2) is 30.0 Å². The summed E-state index contributed by atoms with van der Waals surface area (Å²) in [6.45, 7) is -0.238. The molecule has 1 aliphatic rings. The number of amides is 2. The van der Waals surface area contributed by atoms with Gasteiger partial charge in [0.2, 0.25) is 0 Å². The van der Waals surface area contributed by atoms with Gasteiger partial charge in [0.15, 0.2) is 6.61 Å². The Morgan fingerprint density at radius 3 is 2.33 bits per heavy atom. The van der Waals surface area contributed by atoms with Crippen LogP contribution in [0.4, 0.5) is 23.7 Å². The molecule has 2 aromatic rings. The predicted molar refractivity (Wildman–Crippen MR) is 105 cm³/mol. The number of amidine groups is 1. The van der Waals surface area contributed by atoms with Crippen molar-refractivity contribution in [1.82, 2.24) is 5.32 Å². The van der Waals surface area contributed by atoms with Gasteiger partial charge in [0.25, 0.3) is 11.1 Å². The standard InChI is InChI=1S/C19H14F3N3O4S/c20-19(21,22)29-14-7-3-12(4-8-14)24-17-15(30-18(27)25-17)9-11-1-5-13(6-2-11)28-10-16(23)26/h1-9H,10H2,(H2,23,26)(H,24,25,27)/b15-9+. The molecule has 0 atom stereocenters.